The zero-order chi connectivity index (χ0) is 11.4. The van der Waals surface area contributed by atoms with Crippen molar-refractivity contribution in [1.82, 2.24) is 0 Å². The van der Waals surface area contributed by atoms with Gasteiger partial charge in [-0.3, -0.25) is 0 Å². The van der Waals surface area contributed by atoms with E-state index in [9.17, 15) is 0 Å². The SMILES string of the molecule is CCC(C)c1ccc(N2CCOCC2)cc1. The minimum atomic E-state index is 0.665. The van der Waals surface area contributed by atoms with Gasteiger partial charge in [-0.2, -0.15) is 0 Å². The Hall–Kier alpha value is -1.02. The summed E-state index contributed by atoms with van der Waals surface area (Å²) in [5, 5.41) is 0. The van der Waals surface area contributed by atoms with Gasteiger partial charge in [0.05, 0.1) is 13.2 Å². The Labute approximate surface area is 98.2 Å². The predicted octanol–water partition coefficient (Wildman–Crippen LogP) is 3.04. The molecule has 1 aliphatic heterocycles. The molecule has 1 fully saturated rings. The van der Waals surface area contributed by atoms with Crippen LogP contribution in [0.25, 0.3) is 0 Å². The number of benzene rings is 1. The van der Waals surface area contributed by atoms with E-state index in [0.717, 1.165) is 26.3 Å². The highest BCUT2D eigenvalue weighted by atomic mass is 16.5. The van der Waals surface area contributed by atoms with Crippen molar-refractivity contribution in [3.05, 3.63) is 29.8 Å². The van der Waals surface area contributed by atoms with Gasteiger partial charge < -0.3 is 9.64 Å². The lowest BCUT2D eigenvalue weighted by Crippen LogP contribution is -2.36. The van der Waals surface area contributed by atoms with Crippen LogP contribution in [0.3, 0.4) is 0 Å². The molecule has 0 spiro atoms. The van der Waals surface area contributed by atoms with Crippen molar-refractivity contribution in [3.8, 4) is 0 Å². The van der Waals surface area contributed by atoms with Gasteiger partial charge in [-0.15, -0.1) is 0 Å². The lowest BCUT2D eigenvalue weighted by Gasteiger charge is -2.29. The first-order valence-corrected chi connectivity index (χ1v) is 6.24. The number of hydrogen-bond acceptors (Lipinski definition) is 2. The second kappa shape index (κ2) is 5.35. The molecule has 2 rings (SSSR count). The number of morpholine rings is 1. The molecule has 1 unspecified atom stereocenters. The highest BCUT2D eigenvalue weighted by Crippen LogP contribution is 2.22. The summed E-state index contributed by atoms with van der Waals surface area (Å²) in [6.07, 6.45) is 1.21. The van der Waals surface area contributed by atoms with E-state index in [1.54, 1.807) is 0 Å². The maximum atomic E-state index is 5.36. The van der Waals surface area contributed by atoms with Crippen molar-refractivity contribution >= 4 is 5.69 Å². The van der Waals surface area contributed by atoms with Crippen LogP contribution in [0.5, 0.6) is 0 Å². The fourth-order valence-electron chi connectivity index (χ4n) is 2.07. The fourth-order valence-corrected chi connectivity index (χ4v) is 2.07. The molecule has 0 saturated carbocycles. The standard InChI is InChI=1S/C14H21NO/c1-3-12(2)13-4-6-14(7-5-13)15-8-10-16-11-9-15/h4-7,12H,3,8-11H2,1-2H3. The summed E-state index contributed by atoms with van der Waals surface area (Å²) in [7, 11) is 0. The van der Waals surface area contributed by atoms with E-state index in [-0.39, 0.29) is 0 Å². The molecule has 2 heteroatoms. The van der Waals surface area contributed by atoms with Crippen molar-refractivity contribution in [2.45, 2.75) is 26.2 Å². The number of anilines is 1. The van der Waals surface area contributed by atoms with E-state index in [1.807, 2.05) is 0 Å². The van der Waals surface area contributed by atoms with Crippen LogP contribution in [0, 0.1) is 0 Å². The average molecular weight is 219 g/mol. The molecule has 0 radical (unpaired) electrons. The van der Waals surface area contributed by atoms with E-state index >= 15 is 0 Å². The average Bonchev–Trinajstić information content (AvgIpc) is 2.39. The molecule has 16 heavy (non-hydrogen) atoms. The van der Waals surface area contributed by atoms with E-state index in [2.05, 4.69) is 43.0 Å². The van der Waals surface area contributed by atoms with Crippen molar-refractivity contribution in [1.29, 1.82) is 0 Å². The topological polar surface area (TPSA) is 12.5 Å². The van der Waals surface area contributed by atoms with Crippen molar-refractivity contribution < 1.29 is 4.74 Å². The van der Waals surface area contributed by atoms with Gasteiger partial charge >= 0.3 is 0 Å². The third-order valence-corrected chi connectivity index (χ3v) is 3.45. The van der Waals surface area contributed by atoms with Gasteiger partial charge in [0.1, 0.15) is 0 Å². The number of nitrogens with zero attached hydrogens (tertiary/aromatic N) is 1. The van der Waals surface area contributed by atoms with Crippen LogP contribution in [0.2, 0.25) is 0 Å². The van der Waals surface area contributed by atoms with E-state index < -0.39 is 0 Å². The summed E-state index contributed by atoms with van der Waals surface area (Å²) in [5.41, 5.74) is 2.77. The maximum Gasteiger partial charge on any atom is 0.0642 e. The summed E-state index contributed by atoms with van der Waals surface area (Å²) in [6.45, 7) is 8.26. The maximum absolute atomic E-state index is 5.36. The lowest BCUT2D eigenvalue weighted by atomic mass is 9.98. The van der Waals surface area contributed by atoms with Crippen LogP contribution in [0.1, 0.15) is 31.7 Å². The zero-order valence-electron chi connectivity index (χ0n) is 10.3. The quantitative estimate of drug-likeness (QED) is 0.774. The molecule has 1 aromatic rings. The Kier molecular flexibility index (Phi) is 3.83. The second-order valence-electron chi connectivity index (χ2n) is 4.50. The molecule has 1 aromatic carbocycles. The summed E-state index contributed by atoms with van der Waals surface area (Å²) >= 11 is 0. The third kappa shape index (κ3) is 2.56. The molecule has 1 heterocycles. The van der Waals surface area contributed by atoms with Gasteiger partial charge in [0.25, 0.3) is 0 Å². The molecule has 0 N–H and O–H groups in total. The minimum absolute atomic E-state index is 0.665. The molecule has 0 amide bonds. The molecule has 2 nitrogen and oxygen atoms in total. The largest absolute Gasteiger partial charge is 0.378 e. The third-order valence-electron chi connectivity index (χ3n) is 3.45. The first kappa shape index (κ1) is 11.5. The Morgan fingerprint density at radius 3 is 2.38 bits per heavy atom. The molecule has 88 valence electrons. The highest BCUT2D eigenvalue weighted by Gasteiger charge is 2.11. The summed E-state index contributed by atoms with van der Waals surface area (Å²) in [4.78, 5) is 2.39. The molecule has 0 aromatic heterocycles. The zero-order valence-corrected chi connectivity index (χ0v) is 10.3. The van der Waals surface area contributed by atoms with E-state index in [0.29, 0.717) is 5.92 Å². The number of rotatable bonds is 3. The monoisotopic (exact) mass is 219 g/mol. The molecule has 0 bridgehead atoms. The first-order chi connectivity index (χ1) is 7.81. The molecule has 1 atom stereocenters. The number of ether oxygens (including phenoxy) is 1. The normalized spacial score (nSPS) is 18.5. The van der Waals surface area contributed by atoms with Crippen LogP contribution in [-0.4, -0.2) is 26.3 Å². The van der Waals surface area contributed by atoms with Gasteiger partial charge in [0.15, 0.2) is 0 Å². The van der Waals surface area contributed by atoms with Gasteiger partial charge in [-0.25, -0.2) is 0 Å². The second-order valence-corrected chi connectivity index (χ2v) is 4.50. The van der Waals surface area contributed by atoms with Gasteiger partial charge in [-0.05, 0) is 30.0 Å². The molecular formula is C14H21NO. The Balaban J connectivity index is 2.06. The van der Waals surface area contributed by atoms with Crippen molar-refractivity contribution in [3.63, 3.8) is 0 Å². The van der Waals surface area contributed by atoms with Crippen LogP contribution >= 0.6 is 0 Å². The van der Waals surface area contributed by atoms with E-state index in [4.69, 9.17) is 4.74 Å². The van der Waals surface area contributed by atoms with Crippen LogP contribution in [0.4, 0.5) is 5.69 Å². The van der Waals surface area contributed by atoms with Crippen molar-refractivity contribution in [2.75, 3.05) is 31.2 Å². The van der Waals surface area contributed by atoms with Gasteiger partial charge in [-0.1, -0.05) is 26.0 Å². The summed E-state index contributed by atoms with van der Waals surface area (Å²) in [6, 6.07) is 9.01. The highest BCUT2D eigenvalue weighted by molar-refractivity contribution is 5.48. The van der Waals surface area contributed by atoms with Crippen LogP contribution < -0.4 is 4.90 Å². The molecule has 1 saturated heterocycles. The van der Waals surface area contributed by atoms with Crippen LogP contribution in [-0.2, 0) is 4.74 Å². The van der Waals surface area contributed by atoms with E-state index in [1.165, 1.54) is 17.7 Å². The fraction of sp³-hybridized carbons (Fsp3) is 0.571. The molecular weight excluding hydrogens is 198 g/mol. The minimum Gasteiger partial charge on any atom is -0.378 e. The Bertz CT molecular complexity index is 314. The lowest BCUT2D eigenvalue weighted by molar-refractivity contribution is 0.122. The smallest absolute Gasteiger partial charge is 0.0642 e. The summed E-state index contributed by atoms with van der Waals surface area (Å²) < 4.78 is 5.36. The van der Waals surface area contributed by atoms with Gasteiger partial charge in [0.2, 0.25) is 0 Å². The van der Waals surface area contributed by atoms with Crippen molar-refractivity contribution in [2.24, 2.45) is 0 Å². The molecule has 0 aliphatic carbocycles. The Morgan fingerprint density at radius 1 is 1.19 bits per heavy atom. The molecule has 1 aliphatic rings. The predicted molar refractivity (Wildman–Crippen MR) is 68.2 cm³/mol. The Morgan fingerprint density at radius 2 is 1.81 bits per heavy atom. The number of hydrogen-bond donors (Lipinski definition) is 0. The summed E-state index contributed by atoms with van der Waals surface area (Å²) in [5.74, 6) is 0.665. The van der Waals surface area contributed by atoms with Crippen LogP contribution in [0.15, 0.2) is 24.3 Å². The van der Waals surface area contributed by atoms with Gasteiger partial charge in [0, 0.05) is 18.8 Å². The first-order valence-electron chi connectivity index (χ1n) is 6.24.